The lowest BCUT2D eigenvalue weighted by atomic mass is 9.88. The Morgan fingerprint density at radius 2 is 2.00 bits per heavy atom. The van der Waals surface area contributed by atoms with Crippen LogP contribution in [0.4, 0.5) is 0 Å². The van der Waals surface area contributed by atoms with Gasteiger partial charge in [0.25, 0.3) is 0 Å². The Labute approximate surface area is 123 Å². The highest BCUT2D eigenvalue weighted by Crippen LogP contribution is 2.30. The third-order valence-corrected chi connectivity index (χ3v) is 3.60. The second-order valence-electron chi connectivity index (χ2n) is 6.07. The largest absolute Gasteiger partial charge is 0.493 e. The summed E-state index contributed by atoms with van der Waals surface area (Å²) < 4.78 is 5.76. The molecule has 1 unspecified atom stereocenters. The van der Waals surface area contributed by atoms with E-state index in [1.54, 1.807) is 6.92 Å². The van der Waals surface area contributed by atoms with Gasteiger partial charge in [-0.1, -0.05) is 26.8 Å². The Morgan fingerprint density at radius 1 is 1.30 bits per heavy atom. The predicted octanol–water partition coefficient (Wildman–Crippen LogP) is 4.89. The number of hydrogen-bond acceptors (Lipinski definition) is 2. The topological polar surface area (TPSA) is 26.3 Å². The molecule has 2 heteroatoms. The van der Waals surface area contributed by atoms with E-state index in [1.807, 2.05) is 0 Å². The van der Waals surface area contributed by atoms with Gasteiger partial charge in [-0.05, 0) is 61.8 Å². The first-order valence-corrected chi connectivity index (χ1v) is 7.66. The minimum absolute atomic E-state index is 0.276. The van der Waals surface area contributed by atoms with Crippen LogP contribution in [0.15, 0.2) is 18.2 Å². The summed E-state index contributed by atoms with van der Waals surface area (Å²) in [4.78, 5) is 11.2. The molecule has 0 radical (unpaired) electrons. The summed E-state index contributed by atoms with van der Waals surface area (Å²) in [5.41, 5.74) is 2.62. The molecule has 0 aliphatic carbocycles. The molecule has 0 amide bonds. The maximum Gasteiger partial charge on any atom is 0.129 e. The fourth-order valence-corrected chi connectivity index (χ4v) is 2.42. The first-order chi connectivity index (χ1) is 9.43. The molecule has 1 aromatic rings. The van der Waals surface area contributed by atoms with Crippen molar-refractivity contribution in [1.29, 1.82) is 0 Å². The van der Waals surface area contributed by atoms with E-state index in [9.17, 15) is 4.79 Å². The molecular formula is C18H28O2. The lowest BCUT2D eigenvalue weighted by Crippen LogP contribution is -2.06. The molecule has 1 rings (SSSR count). The molecule has 20 heavy (non-hydrogen) atoms. The van der Waals surface area contributed by atoms with Crippen LogP contribution in [0.5, 0.6) is 5.75 Å². The highest BCUT2D eigenvalue weighted by atomic mass is 16.5. The Hall–Kier alpha value is -1.31. The molecule has 0 aliphatic rings. The normalized spacial score (nSPS) is 12.5. The average Bonchev–Trinajstić information content (AvgIpc) is 2.38. The second-order valence-corrected chi connectivity index (χ2v) is 6.07. The summed E-state index contributed by atoms with van der Waals surface area (Å²) >= 11 is 0. The Balaban J connectivity index is 2.76. The van der Waals surface area contributed by atoms with Crippen LogP contribution in [0.1, 0.15) is 64.0 Å². The summed E-state index contributed by atoms with van der Waals surface area (Å²) in [5, 5.41) is 0. The van der Waals surface area contributed by atoms with Gasteiger partial charge in [0, 0.05) is 6.42 Å². The number of carbonyl (C=O) groups is 1. The van der Waals surface area contributed by atoms with Crippen LogP contribution in [0.2, 0.25) is 0 Å². The molecule has 0 heterocycles. The van der Waals surface area contributed by atoms with E-state index in [-0.39, 0.29) is 5.78 Å². The highest BCUT2D eigenvalue weighted by molar-refractivity contribution is 5.75. The molecule has 0 bridgehead atoms. The van der Waals surface area contributed by atoms with Gasteiger partial charge < -0.3 is 9.53 Å². The monoisotopic (exact) mass is 276 g/mol. The molecule has 0 fully saturated rings. The molecule has 0 N–H and O–H groups in total. The van der Waals surface area contributed by atoms with Gasteiger partial charge in [-0.15, -0.1) is 0 Å². The summed E-state index contributed by atoms with van der Waals surface area (Å²) in [6.07, 6.45) is 2.68. The standard InChI is InChI=1S/C18H28O2/c1-6-16(8-7-15(5)19)18-10-9-17(11-14(18)4)20-12-13(2)3/h9-11,13,16H,6-8,12H2,1-5H3. The number of aryl methyl sites for hydroxylation is 1. The van der Waals surface area contributed by atoms with Crippen molar-refractivity contribution in [3.8, 4) is 5.75 Å². The second kappa shape index (κ2) is 8.08. The Bertz CT molecular complexity index is 435. The lowest BCUT2D eigenvalue weighted by molar-refractivity contribution is -0.117. The zero-order valence-corrected chi connectivity index (χ0v) is 13.5. The number of ether oxygens (including phenoxy) is 1. The van der Waals surface area contributed by atoms with Crippen molar-refractivity contribution in [3.63, 3.8) is 0 Å². The van der Waals surface area contributed by atoms with E-state index in [0.717, 1.165) is 25.2 Å². The molecule has 1 atom stereocenters. The van der Waals surface area contributed by atoms with E-state index in [1.165, 1.54) is 11.1 Å². The Morgan fingerprint density at radius 3 is 2.50 bits per heavy atom. The zero-order chi connectivity index (χ0) is 15.1. The van der Waals surface area contributed by atoms with Crippen molar-refractivity contribution in [2.75, 3.05) is 6.61 Å². The number of rotatable bonds is 8. The van der Waals surface area contributed by atoms with Crippen molar-refractivity contribution in [2.45, 2.75) is 59.8 Å². The fourth-order valence-electron chi connectivity index (χ4n) is 2.42. The summed E-state index contributed by atoms with van der Waals surface area (Å²) in [5.74, 6) is 2.23. The number of benzene rings is 1. The van der Waals surface area contributed by atoms with Crippen molar-refractivity contribution < 1.29 is 9.53 Å². The van der Waals surface area contributed by atoms with Gasteiger partial charge >= 0.3 is 0 Å². The Kier molecular flexibility index (Phi) is 6.77. The maximum atomic E-state index is 11.2. The molecule has 0 aliphatic heterocycles. The van der Waals surface area contributed by atoms with E-state index in [4.69, 9.17) is 4.74 Å². The minimum atomic E-state index is 0.276. The quantitative estimate of drug-likeness (QED) is 0.675. The minimum Gasteiger partial charge on any atom is -0.493 e. The van der Waals surface area contributed by atoms with Crippen LogP contribution in [-0.4, -0.2) is 12.4 Å². The first-order valence-electron chi connectivity index (χ1n) is 7.66. The highest BCUT2D eigenvalue weighted by Gasteiger charge is 2.13. The molecule has 0 saturated heterocycles. The van der Waals surface area contributed by atoms with E-state index in [2.05, 4.69) is 45.9 Å². The molecule has 2 nitrogen and oxygen atoms in total. The predicted molar refractivity (Wildman–Crippen MR) is 84.5 cm³/mol. The van der Waals surface area contributed by atoms with Crippen molar-refractivity contribution in [2.24, 2.45) is 5.92 Å². The van der Waals surface area contributed by atoms with Crippen molar-refractivity contribution in [1.82, 2.24) is 0 Å². The maximum absolute atomic E-state index is 11.2. The first kappa shape index (κ1) is 16.7. The van der Waals surface area contributed by atoms with E-state index >= 15 is 0 Å². The van der Waals surface area contributed by atoms with Crippen LogP contribution >= 0.6 is 0 Å². The van der Waals surface area contributed by atoms with Crippen LogP contribution in [0, 0.1) is 12.8 Å². The zero-order valence-electron chi connectivity index (χ0n) is 13.5. The van der Waals surface area contributed by atoms with Crippen LogP contribution in [0.3, 0.4) is 0 Å². The summed E-state index contributed by atoms with van der Waals surface area (Å²) in [6.45, 7) is 11.0. The van der Waals surface area contributed by atoms with Gasteiger partial charge in [0.05, 0.1) is 6.61 Å². The SMILES string of the molecule is CCC(CCC(C)=O)c1ccc(OCC(C)C)cc1C. The molecule has 0 aromatic heterocycles. The van der Waals surface area contributed by atoms with Gasteiger partial charge in [-0.3, -0.25) is 0 Å². The molecule has 1 aromatic carbocycles. The fraction of sp³-hybridized carbons (Fsp3) is 0.611. The van der Waals surface area contributed by atoms with Gasteiger partial charge in [-0.2, -0.15) is 0 Å². The van der Waals surface area contributed by atoms with Crippen LogP contribution in [-0.2, 0) is 4.79 Å². The molecular weight excluding hydrogens is 248 g/mol. The summed E-state index contributed by atoms with van der Waals surface area (Å²) in [6, 6.07) is 6.34. The average molecular weight is 276 g/mol. The number of Topliss-reactive ketones (excluding diaryl/α,β-unsaturated/α-hetero) is 1. The number of hydrogen-bond donors (Lipinski definition) is 0. The van der Waals surface area contributed by atoms with Gasteiger partial charge in [0.1, 0.15) is 11.5 Å². The van der Waals surface area contributed by atoms with Gasteiger partial charge in [-0.25, -0.2) is 0 Å². The smallest absolute Gasteiger partial charge is 0.129 e. The van der Waals surface area contributed by atoms with Crippen LogP contribution < -0.4 is 4.74 Å². The van der Waals surface area contributed by atoms with Crippen molar-refractivity contribution in [3.05, 3.63) is 29.3 Å². The van der Waals surface area contributed by atoms with Crippen molar-refractivity contribution >= 4 is 5.78 Å². The lowest BCUT2D eigenvalue weighted by Gasteiger charge is -2.18. The van der Waals surface area contributed by atoms with E-state index in [0.29, 0.717) is 18.3 Å². The molecule has 0 saturated carbocycles. The van der Waals surface area contributed by atoms with E-state index < -0.39 is 0 Å². The van der Waals surface area contributed by atoms with Crippen LogP contribution in [0.25, 0.3) is 0 Å². The molecule has 112 valence electrons. The molecule has 0 spiro atoms. The third-order valence-electron chi connectivity index (χ3n) is 3.60. The van der Waals surface area contributed by atoms with Gasteiger partial charge in [0.2, 0.25) is 0 Å². The number of carbonyl (C=O) groups excluding carboxylic acids is 1. The van der Waals surface area contributed by atoms with Gasteiger partial charge in [0.15, 0.2) is 0 Å². The third kappa shape index (κ3) is 5.36. The number of ketones is 1. The summed E-state index contributed by atoms with van der Waals surface area (Å²) in [7, 11) is 0.